The molecule has 21 heavy (non-hydrogen) atoms. The molecule has 8 heteroatoms. The maximum absolute atomic E-state index is 12.6. The van der Waals surface area contributed by atoms with E-state index in [0.29, 0.717) is 11.4 Å². The van der Waals surface area contributed by atoms with Crippen molar-refractivity contribution in [3.63, 3.8) is 0 Å². The van der Waals surface area contributed by atoms with Crippen LogP contribution in [0.25, 0.3) is 0 Å². The van der Waals surface area contributed by atoms with Gasteiger partial charge in [-0.05, 0) is 17.7 Å². The smallest absolute Gasteiger partial charge is 0.310 e. The van der Waals surface area contributed by atoms with Crippen molar-refractivity contribution in [1.82, 2.24) is 10.2 Å². The molecular weight excluding hydrogens is 303 g/mol. The van der Waals surface area contributed by atoms with Crippen LogP contribution in [0.5, 0.6) is 0 Å². The number of rotatable bonds is 1. The predicted octanol–water partition coefficient (Wildman–Crippen LogP) is 3.20. The van der Waals surface area contributed by atoms with Gasteiger partial charge >= 0.3 is 6.18 Å². The minimum Gasteiger partial charge on any atom is -0.310 e. The molecule has 0 radical (unpaired) electrons. The number of nitrogens with one attached hydrogen (secondary N) is 2. The zero-order valence-corrected chi connectivity index (χ0v) is 11.4. The van der Waals surface area contributed by atoms with Gasteiger partial charge in [0.15, 0.2) is 0 Å². The van der Waals surface area contributed by atoms with Crippen LogP contribution in [-0.2, 0) is 11.0 Å². The second-order valence-electron chi connectivity index (χ2n) is 4.56. The number of benzene rings is 1. The molecule has 1 atom stereocenters. The Morgan fingerprint density at radius 3 is 2.62 bits per heavy atom. The standard InChI is InChI=1S/C13H10F3N3OS/c14-13(15,16)8-3-1-7(2-4-8)11-9-5-17-19-12(9)18-10(20)6-21-11/h1-5,11H,6H2,(H2,17,18,19,20)/t11-/m0/s1. The number of aromatic amines is 1. The van der Waals surface area contributed by atoms with E-state index in [-0.39, 0.29) is 16.9 Å². The first kappa shape index (κ1) is 14.0. The maximum Gasteiger partial charge on any atom is 0.416 e. The number of alkyl halides is 3. The number of carbonyl (C=O) groups excluding carboxylic acids is 1. The minimum absolute atomic E-state index is 0.167. The number of aromatic nitrogens is 2. The van der Waals surface area contributed by atoms with Gasteiger partial charge in [-0.15, -0.1) is 11.8 Å². The summed E-state index contributed by atoms with van der Waals surface area (Å²) in [5.41, 5.74) is 0.768. The first-order chi connectivity index (χ1) is 9.95. The molecule has 1 aliphatic heterocycles. The third kappa shape index (κ3) is 2.76. The molecule has 0 saturated carbocycles. The lowest BCUT2D eigenvalue weighted by molar-refractivity contribution is -0.137. The van der Waals surface area contributed by atoms with Gasteiger partial charge in [0.05, 0.1) is 22.8 Å². The average Bonchev–Trinajstić information content (AvgIpc) is 2.81. The van der Waals surface area contributed by atoms with Gasteiger partial charge in [-0.1, -0.05) is 12.1 Å². The van der Waals surface area contributed by atoms with Crippen molar-refractivity contribution < 1.29 is 18.0 Å². The van der Waals surface area contributed by atoms with E-state index in [9.17, 15) is 18.0 Å². The van der Waals surface area contributed by atoms with Crippen LogP contribution in [-0.4, -0.2) is 21.9 Å². The second kappa shape index (κ2) is 5.10. The van der Waals surface area contributed by atoms with E-state index in [1.807, 2.05) is 0 Å². The molecule has 0 fully saturated rings. The summed E-state index contributed by atoms with van der Waals surface area (Å²) in [6, 6.07) is 4.98. The number of halogens is 3. The van der Waals surface area contributed by atoms with E-state index >= 15 is 0 Å². The van der Waals surface area contributed by atoms with Gasteiger partial charge in [0.25, 0.3) is 0 Å². The van der Waals surface area contributed by atoms with Crippen LogP contribution in [0.2, 0.25) is 0 Å². The Morgan fingerprint density at radius 1 is 1.24 bits per heavy atom. The fraction of sp³-hybridized carbons (Fsp3) is 0.231. The Labute approximate surface area is 122 Å². The molecule has 1 amide bonds. The summed E-state index contributed by atoms with van der Waals surface area (Å²) in [6.45, 7) is 0. The van der Waals surface area contributed by atoms with E-state index in [1.54, 1.807) is 6.20 Å². The van der Waals surface area contributed by atoms with Gasteiger partial charge in [-0.3, -0.25) is 9.89 Å². The minimum atomic E-state index is -4.35. The molecule has 110 valence electrons. The molecule has 0 spiro atoms. The van der Waals surface area contributed by atoms with Crippen molar-refractivity contribution in [2.75, 3.05) is 11.1 Å². The quantitative estimate of drug-likeness (QED) is 0.850. The van der Waals surface area contributed by atoms with E-state index in [4.69, 9.17) is 0 Å². The number of fused-ring (bicyclic) bond motifs is 1. The summed E-state index contributed by atoms with van der Waals surface area (Å²) in [5.74, 6) is 0.559. The molecular formula is C13H10F3N3OS. The molecule has 2 aromatic rings. The molecule has 2 heterocycles. The second-order valence-corrected chi connectivity index (χ2v) is 5.65. The molecule has 0 unspecified atom stereocenters. The lowest BCUT2D eigenvalue weighted by atomic mass is 10.0. The number of anilines is 1. The zero-order chi connectivity index (χ0) is 15.0. The Kier molecular flexibility index (Phi) is 3.40. The van der Waals surface area contributed by atoms with Crippen molar-refractivity contribution in [1.29, 1.82) is 0 Å². The Balaban J connectivity index is 1.95. The van der Waals surface area contributed by atoms with Crippen LogP contribution in [0.4, 0.5) is 19.0 Å². The monoisotopic (exact) mass is 313 g/mol. The molecule has 1 aromatic carbocycles. The fourth-order valence-corrected chi connectivity index (χ4v) is 3.24. The summed E-state index contributed by atoms with van der Waals surface area (Å²) in [4.78, 5) is 11.6. The van der Waals surface area contributed by atoms with Crippen LogP contribution < -0.4 is 5.32 Å². The van der Waals surface area contributed by atoms with Crippen LogP contribution >= 0.6 is 11.8 Å². The Bertz CT molecular complexity index is 666. The summed E-state index contributed by atoms with van der Waals surface area (Å²) < 4.78 is 37.8. The largest absolute Gasteiger partial charge is 0.416 e. The normalized spacial score (nSPS) is 18.8. The number of amides is 1. The Morgan fingerprint density at radius 2 is 1.95 bits per heavy atom. The lowest BCUT2D eigenvalue weighted by Crippen LogP contribution is -2.12. The summed E-state index contributed by atoms with van der Waals surface area (Å²) in [7, 11) is 0. The Hall–Kier alpha value is -1.96. The van der Waals surface area contributed by atoms with Crippen LogP contribution in [0.15, 0.2) is 30.5 Å². The number of hydrogen-bond donors (Lipinski definition) is 2. The van der Waals surface area contributed by atoms with Crippen molar-refractivity contribution in [3.8, 4) is 0 Å². The van der Waals surface area contributed by atoms with Gasteiger partial charge in [0, 0.05) is 5.56 Å². The van der Waals surface area contributed by atoms with E-state index in [2.05, 4.69) is 15.5 Å². The van der Waals surface area contributed by atoms with Crippen LogP contribution in [0, 0.1) is 0 Å². The fourth-order valence-electron chi connectivity index (χ4n) is 2.14. The van der Waals surface area contributed by atoms with Gasteiger partial charge < -0.3 is 5.32 Å². The number of H-pyrrole nitrogens is 1. The predicted molar refractivity (Wildman–Crippen MR) is 73.0 cm³/mol. The number of thioether (sulfide) groups is 1. The van der Waals surface area contributed by atoms with Gasteiger partial charge in [-0.2, -0.15) is 18.3 Å². The first-order valence-electron chi connectivity index (χ1n) is 6.07. The number of nitrogens with zero attached hydrogens (tertiary/aromatic N) is 1. The van der Waals surface area contributed by atoms with Crippen molar-refractivity contribution in [2.24, 2.45) is 0 Å². The van der Waals surface area contributed by atoms with Gasteiger partial charge in [0.1, 0.15) is 5.82 Å². The summed E-state index contributed by atoms with van der Waals surface area (Å²) in [6.07, 6.45) is -2.77. The molecule has 0 saturated heterocycles. The third-order valence-electron chi connectivity index (χ3n) is 3.14. The zero-order valence-electron chi connectivity index (χ0n) is 10.6. The summed E-state index contributed by atoms with van der Waals surface area (Å²) >= 11 is 1.35. The highest BCUT2D eigenvalue weighted by Crippen LogP contribution is 2.41. The highest BCUT2D eigenvalue weighted by atomic mass is 32.2. The van der Waals surface area contributed by atoms with E-state index in [1.165, 1.54) is 23.9 Å². The molecule has 2 N–H and O–H groups in total. The molecule has 4 nitrogen and oxygen atoms in total. The van der Waals surface area contributed by atoms with Crippen molar-refractivity contribution in [2.45, 2.75) is 11.4 Å². The van der Waals surface area contributed by atoms with Crippen LogP contribution in [0.3, 0.4) is 0 Å². The first-order valence-corrected chi connectivity index (χ1v) is 7.12. The molecule has 1 aromatic heterocycles. The topological polar surface area (TPSA) is 57.8 Å². The lowest BCUT2D eigenvalue weighted by Gasteiger charge is -2.15. The molecule has 1 aliphatic rings. The van der Waals surface area contributed by atoms with Gasteiger partial charge in [0.2, 0.25) is 5.91 Å². The highest BCUT2D eigenvalue weighted by Gasteiger charge is 2.31. The number of hydrogen-bond acceptors (Lipinski definition) is 3. The summed E-state index contributed by atoms with van der Waals surface area (Å²) in [5, 5.41) is 9.01. The highest BCUT2D eigenvalue weighted by molar-refractivity contribution is 8.00. The molecule has 0 bridgehead atoms. The third-order valence-corrected chi connectivity index (χ3v) is 4.43. The average molecular weight is 313 g/mol. The van der Waals surface area contributed by atoms with Crippen molar-refractivity contribution in [3.05, 3.63) is 47.2 Å². The van der Waals surface area contributed by atoms with Crippen LogP contribution in [0.1, 0.15) is 21.9 Å². The maximum atomic E-state index is 12.6. The molecule has 0 aliphatic carbocycles. The van der Waals surface area contributed by atoms with E-state index < -0.39 is 11.7 Å². The molecule has 3 rings (SSSR count). The number of carbonyl (C=O) groups is 1. The van der Waals surface area contributed by atoms with Gasteiger partial charge in [-0.25, -0.2) is 0 Å². The SMILES string of the molecule is O=C1CS[C@@H](c2ccc(C(F)(F)F)cc2)c2cn[nH]c2N1. The van der Waals surface area contributed by atoms with Crippen molar-refractivity contribution >= 4 is 23.5 Å². The van der Waals surface area contributed by atoms with E-state index in [0.717, 1.165) is 17.7 Å².